The van der Waals surface area contributed by atoms with Crippen molar-refractivity contribution in [3.63, 3.8) is 0 Å². The largest absolute Gasteiger partial charge is 0.490 e. The molecule has 0 bridgehead atoms. The van der Waals surface area contributed by atoms with E-state index in [4.69, 9.17) is 26.2 Å². The Morgan fingerprint density at radius 1 is 1.00 bits per heavy atom. The van der Waals surface area contributed by atoms with Gasteiger partial charge in [-0.2, -0.15) is 13.2 Å². The van der Waals surface area contributed by atoms with Gasteiger partial charge >= 0.3 is 12.1 Å². The predicted molar refractivity (Wildman–Crippen MR) is 131 cm³/mol. The first-order valence-corrected chi connectivity index (χ1v) is 12.0. The van der Waals surface area contributed by atoms with E-state index in [0.29, 0.717) is 11.1 Å². The number of carbonyl (C=O) groups is 1. The third-order valence-electron chi connectivity index (χ3n) is 4.85. The molecule has 0 amide bonds. The minimum atomic E-state index is -5.08. The molecule has 0 aromatic heterocycles. The molecule has 0 aliphatic rings. The van der Waals surface area contributed by atoms with Gasteiger partial charge in [-0.1, -0.05) is 54.6 Å². The molecule has 0 fully saturated rings. The minimum absolute atomic E-state index is 0.0535. The van der Waals surface area contributed by atoms with Crippen LogP contribution in [0.1, 0.15) is 17.5 Å². The number of nitrogens with two attached hydrogens (primary N) is 2. The number of nitrogens with one attached hydrogen (secondary N) is 2. The summed E-state index contributed by atoms with van der Waals surface area (Å²) < 4.78 is 55.3. The number of carboxylic acids is 1. The molecule has 0 unspecified atom stereocenters. The molecule has 12 heteroatoms. The molecule has 192 valence electrons. The van der Waals surface area contributed by atoms with Crippen molar-refractivity contribution in [2.24, 2.45) is 10.9 Å². The summed E-state index contributed by atoms with van der Waals surface area (Å²) >= 11 is 0. The van der Waals surface area contributed by atoms with Crippen molar-refractivity contribution in [1.82, 2.24) is 0 Å². The number of benzene rings is 3. The Morgan fingerprint density at radius 3 is 2.17 bits per heavy atom. The molecule has 0 saturated heterocycles. The highest BCUT2D eigenvalue weighted by Gasteiger charge is 2.38. The fraction of sp³-hybridized carbons (Fsp3) is 0.167. The highest BCUT2D eigenvalue weighted by molar-refractivity contribution is 7.89. The molecule has 0 aliphatic heterocycles. The van der Waals surface area contributed by atoms with Gasteiger partial charge in [-0.15, -0.1) is 0 Å². The minimum Gasteiger partial charge on any atom is -0.475 e. The Kier molecular flexibility index (Phi) is 9.59. The van der Waals surface area contributed by atoms with Crippen LogP contribution in [0.25, 0.3) is 11.1 Å². The van der Waals surface area contributed by atoms with Gasteiger partial charge in [0.2, 0.25) is 10.0 Å². The predicted octanol–water partition coefficient (Wildman–Crippen LogP) is 3.96. The number of halogens is 3. The van der Waals surface area contributed by atoms with E-state index in [1.54, 1.807) is 18.2 Å². The van der Waals surface area contributed by atoms with E-state index in [2.05, 4.69) is 5.32 Å². The lowest BCUT2D eigenvalue weighted by Gasteiger charge is -2.10. The molecule has 3 aromatic carbocycles. The van der Waals surface area contributed by atoms with E-state index < -0.39 is 22.2 Å². The van der Waals surface area contributed by atoms with Gasteiger partial charge < -0.3 is 16.2 Å². The van der Waals surface area contributed by atoms with Crippen molar-refractivity contribution in [1.29, 1.82) is 5.41 Å². The molecule has 8 nitrogen and oxygen atoms in total. The van der Waals surface area contributed by atoms with Crippen LogP contribution in [0.15, 0.2) is 77.7 Å². The van der Waals surface area contributed by atoms with Crippen LogP contribution in [0, 0.1) is 5.41 Å². The van der Waals surface area contributed by atoms with Gasteiger partial charge in [0.05, 0.1) is 4.90 Å². The molecule has 0 saturated carbocycles. The van der Waals surface area contributed by atoms with Gasteiger partial charge in [-0.3, -0.25) is 5.41 Å². The zero-order valence-electron chi connectivity index (χ0n) is 18.9. The zero-order chi connectivity index (χ0) is 26.9. The number of carboxylic acid groups (broad SMARTS) is 1. The summed E-state index contributed by atoms with van der Waals surface area (Å²) in [5.74, 6) is -2.70. The van der Waals surface area contributed by atoms with Gasteiger partial charge in [-0.25, -0.2) is 18.4 Å². The first-order valence-electron chi connectivity index (χ1n) is 10.5. The van der Waals surface area contributed by atoms with E-state index in [-0.39, 0.29) is 10.7 Å². The van der Waals surface area contributed by atoms with Crippen LogP contribution in [0.4, 0.5) is 18.9 Å². The van der Waals surface area contributed by atoms with Crippen LogP contribution in [-0.2, 0) is 21.2 Å². The number of sulfonamides is 1. The van der Waals surface area contributed by atoms with Crippen molar-refractivity contribution in [3.05, 3.63) is 83.9 Å². The number of hydrogen-bond acceptors (Lipinski definition) is 5. The van der Waals surface area contributed by atoms with Crippen LogP contribution < -0.4 is 16.2 Å². The molecular weight excluding hydrogens is 497 g/mol. The van der Waals surface area contributed by atoms with Crippen molar-refractivity contribution in [3.8, 4) is 11.1 Å². The molecular formula is C24H25F3N4O4S. The maximum atomic E-state index is 11.8. The number of rotatable bonds is 8. The van der Waals surface area contributed by atoms with Gasteiger partial charge in [0.15, 0.2) is 0 Å². The first kappa shape index (κ1) is 28.3. The average molecular weight is 523 g/mol. The summed E-state index contributed by atoms with van der Waals surface area (Å²) in [6.45, 7) is 0.789. The normalized spacial score (nSPS) is 11.2. The van der Waals surface area contributed by atoms with Crippen molar-refractivity contribution in [2.75, 3.05) is 11.9 Å². The summed E-state index contributed by atoms with van der Waals surface area (Å²) in [7, 11) is -3.77. The Morgan fingerprint density at radius 2 is 1.61 bits per heavy atom. The lowest BCUT2D eigenvalue weighted by Crippen LogP contribution is -2.21. The van der Waals surface area contributed by atoms with Gasteiger partial charge in [0.1, 0.15) is 5.84 Å². The monoisotopic (exact) mass is 522 g/mol. The SMILES string of the molecule is N=C(N)c1cccc(NCCCc2ccc(-c3ccccc3S(N)(=O)=O)cc2)c1.O=C(O)C(F)(F)F. The quantitative estimate of drug-likeness (QED) is 0.171. The molecule has 0 atom stereocenters. The number of amidine groups is 1. The molecule has 0 radical (unpaired) electrons. The lowest BCUT2D eigenvalue weighted by molar-refractivity contribution is -0.192. The second-order valence-electron chi connectivity index (χ2n) is 7.57. The summed E-state index contributed by atoms with van der Waals surface area (Å²) in [6.07, 6.45) is -3.27. The number of primary sulfonamides is 1. The van der Waals surface area contributed by atoms with E-state index in [1.807, 2.05) is 48.5 Å². The summed E-state index contributed by atoms with van der Waals surface area (Å²) in [5, 5.41) is 23.3. The number of anilines is 1. The number of aryl methyl sites for hydroxylation is 1. The van der Waals surface area contributed by atoms with Crippen LogP contribution in [-0.4, -0.2) is 38.1 Å². The van der Waals surface area contributed by atoms with Gasteiger partial charge in [0.25, 0.3) is 0 Å². The molecule has 0 heterocycles. The van der Waals surface area contributed by atoms with Crippen LogP contribution in [0.2, 0.25) is 0 Å². The Hall–Kier alpha value is -3.90. The fourth-order valence-electron chi connectivity index (χ4n) is 3.13. The van der Waals surface area contributed by atoms with Crippen molar-refractivity contribution in [2.45, 2.75) is 23.9 Å². The van der Waals surface area contributed by atoms with Crippen LogP contribution >= 0.6 is 0 Å². The van der Waals surface area contributed by atoms with E-state index in [1.165, 1.54) is 11.6 Å². The molecule has 7 N–H and O–H groups in total. The van der Waals surface area contributed by atoms with Crippen molar-refractivity contribution < 1.29 is 31.5 Å². The zero-order valence-corrected chi connectivity index (χ0v) is 19.7. The lowest BCUT2D eigenvalue weighted by atomic mass is 10.0. The smallest absolute Gasteiger partial charge is 0.475 e. The highest BCUT2D eigenvalue weighted by Crippen LogP contribution is 2.27. The Labute approximate surface area is 206 Å². The fourth-order valence-corrected chi connectivity index (χ4v) is 3.89. The molecule has 3 aromatic rings. The van der Waals surface area contributed by atoms with E-state index in [0.717, 1.165) is 30.6 Å². The number of nitrogen functional groups attached to an aromatic ring is 1. The second-order valence-corrected chi connectivity index (χ2v) is 9.10. The van der Waals surface area contributed by atoms with E-state index >= 15 is 0 Å². The Balaban J connectivity index is 0.000000572. The maximum absolute atomic E-state index is 11.8. The topological polar surface area (TPSA) is 159 Å². The average Bonchev–Trinajstić information content (AvgIpc) is 2.82. The third kappa shape index (κ3) is 8.71. The van der Waals surface area contributed by atoms with Crippen LogP contribution in [0.5, 0.6) is 0 Å². The third-order valence-corrected chi connectivity index (χ3v) is 5.82. The standard InChI is InChI=1S/C22H24N4O2S.C2HF3O2/c23-22(24)18-6-3-7-19(15-18)26-14-4-5-16-10-12-17(13-11-16)20-8-1-2-9-21(20)29(25,27)28;3-2(4,5)1(6)7/h1-3,6-13,15,26H,4-5,14H2,(H3,23,24)(H2,25,27,28);(H,6,7). The van der Waals surface area contributed by atoms with E-state index in [9.17, 15) is 21.6 Å². The second kappa shape index (κ2) is 12.2. The van der Waals surface area contributed by atoms with Gasteiger partial charge in [0, 0.05) is 23.4 Å². The number of alkyl halides is 3. The molecule has 0 spiro atoms. The molecule has 0 aliphatic carbocycles. The summed E-state index contributed by atoms with van der Waals surface area (Å²) in [4.78, 5) is 9.03. The molecule has 3 rings (SSSR count). The van der Waals surface area contributed by atoms with Gasteiger partial charge in [-0.05, 0) is 42.2 Å². The maximum Gasteiger partial charge on any atom is 0.490 e. The summed E-state index contributed by atoms with van der Waals surface area (Å²) in [6, 6.07) is 22.1. The highest BCUT2D eigenvalue weighted by atomic mass is 32.2. The molecule has 36 heavy (non-hydrogen) atoms. The number of hydrogen-bond donors (Lipinski definition) is 5. The number of aliphatic carboxylic acids is 1. The van der Waals surface area contributed by atoms with Crippen LogP contribution in [0.3, 0.4) is 0 Å². The first-order chi connectivity index (χ1) is 16.8. The Bertz CT molecular complexity index is 1310. The van der Waals surface area contributed by atoms with Crippen molar-refractivity contribution >= 4 is 27.5 Å². The summed E-state index contributed by atoms with van der Waals surface area (Å²) in [5.41, 5.74) is 9.74.